The van der Waals surface area contributed by atoms with Gasteiger partial charge in [0, 0.05) is 19.2 Å². The van der Waals surface area contributed by atoms with Crippen molar-refractivity contribution in [1.82, 2.24) is 4.90 Å². The van der Waals surface area contributed by atoms with Crippen LogP contribution in [0.25, 0.3) is 0 Å². The highest BCUT2D eigenvalue weighted by Crippen LogP contribution is 2.26. The lowest BCUT2D eigenvalue weighted by Crippen LogP contribution is -2.52. The van der Waals surface area contributed by atoms with Gasteiger partial charge in [-0.3, -0.25) is 4.79 Å². The minimum atomic E-state index is -1.30. The van der Waals surface area contributed by atoms with E-state index >= 15 is 0 Å². The van der Waals surface area contributed by atoms with Gasteiger partial charge in [-0.2, -0.15) is 0 Å². The third kappa shape index (κ3) is 3.18. The number of rotatable bonds is 5. The fraction of sp³-hybridized carbons (Fsp3) is 0.909. The molecule has 0 spiro atoms. The third-order valence-electron chi connectivity index (χ3n) is 2.86. The number of aliphatic hydroxyl groups is 2. The molecule has 0 atom stereocenters. The molecule has 0 aromatic rings. The van der Waals surface area contributed by atoms with Gasteiger partial charge in [-0.1, -0.05) is 0 Å². The molecule has 1 amide bonds. The zero-order valence-electron chi connectivity index (χ0n) is 9.57. The van der Waals surface area contributed by atoms with Crippen LogP contribution in [0.2, 0.25) is 0 Å². The van der Waals surface area contributed by atoms with Gasteiger partial charge in [0.05, 0.1) is 0 Å². The summed E-state index contributed by atoms with van der Waals surface area (Å²) in [6.07, 6.45) is 3.78. The number of hydrogen-bond acceptors (Lipinski definition) is 3. The second-order valence-electron chi connectivity index (χ2n) is 4.72. The van der Waals surface area contributed by atoms with E-state index in [2.05, 4.69) is 0 Å². The quantitative estimate of drug-likeness (QED) is 0.703. The van der Waals surface area contributed by atoms with E-state index in [0.717, 1.165) is 19.3 Å². The van der Waals surface area contributed by atoms with Crippen LogP contribution < -0.4 is 0 Å². The summed E-state index contributed by atoms with van der Waals surface area (Å²) in [5.41, 5.74) is -1.30. The molecule has 0 aliphatic heterocycles. The van der Waals surface area contributed by atoms with Crippen molar-refractivity contribution in [3.05, 3.63) is 0 Å². The normalized spacial score (nSPS) is 17.3. The molecule has 1 aliphatic rings. The zero-order chi connectivity index (χ0) is 11.5. The van der Waals surface area contributed by atoms with Crippen LogP contribution >= 0.6 is 0 Å². The van der Waals surface area contributed by atoms with Crippen molar-refractivity contribution in [2.75, 3.05) is 13.2 Å². The second kappa shape index (κ2) is 4.94. The van der Waals surface area contributed by atoms with Crippen molar-refractivity contribution in [3.63, 3.8) is 0 Å². The van der Waals surface area contributed by atoms with Gasteiger partial charge in [0.25, 0.3) is 5.91 Å². The van der Waals surface area contributed by atoms with E-state index in [4.69, 9.17) is 5.11 Å². The van der Waals surface area contributed by atoms with Crippen LogP contribution in [0.4, 0.5) is 0 Å². The topological polar surface area (TPSA) is 60.8 Å². The molecule has 0 aromatic heterocycles. The number of carbonyl (C=O) groups excluding carboxylic acids is 1. The molecule has 4 heteroatoms. The number of amides is 1. The highest BCUT2D eigenvalue weighted by atomic mass is 16.3. The Balaban J connectivity index is 2.58. The second-order valence-corrected chi connectivity index (χ2v) is 4.72. The SMILES string of the molecule is CC(C)(O)C(=O)N(CCCO)C1CCC1. The molecular weight excluding hydrogens is 194 g/mol. The van der Waals surface area contributed by atoms with Gasteiger partial charge >= 0.3 is 0 Å². The van der Waals surface area contributed by atoms with E-state index < -0.39 is 5.60 Å². The van der Waals surface area contributed by atoms with E-state index in [1.54, 1.807) is 4.90 Å². The van der Waals surface area contributed by atoms with Crippen LogP contribution in [0, 0.1) is 0 Å². The summed E-state index contributed by atoms with van der Waals surface area (Å²) in [4.78, 5) is 13.6. The van der Waals surface area contributed by atoms with Crippen molar-refractivity contribution in [1.29, 1.82) is 0 Å². The first kappa shape index (κ1) is 12.5. The highest BCUT2D eigenvalue weighted by Gasteiger charge is 2.35. The Kier molecular flexibility index (Phi) is 4.11. The minimum absolute atomic E-state index is 0.0857. The molecule has 88 valence electrons. The monoisotopic (exact) mass is 215 g/mol. The lowest BCUT2D eigenvalue weighted by molar-refractivity contribution is -0.152. The summed E-state index contributed by atoms with van der Waals surface area (Å²) in [5.74, 6) is -0.222. The van der Waals surface area contributed by atoms with E-state index in [-0.39, 0.29) is 18.6 Å². The summed E-state index contributed by atoms with van der Waals surface area (Å²) >= 11 is 0. The summed E-state index contributed by atoms with van der Waals surface area (Å²) in [5, 5.41) is 18.4. The summed E-state index contributed by atoms with van der Waals surface area (Å²) in [7, 11) is 0. The first-order chi connectivity index (χ1) is 6.96. The molecule has 4 nitrogen and oxygen atoms in total. The first-order valence-electron chi connectivity index (χ1n) is 5.61. The summed E-state index contributed by atoms with van der Waals surface area (Å²) in [6, 6.07) is 0.274. The zero-order valence-corrected chi connectivity index (χ0v) is 9.57. The Morgan fingerprint density at radius 3 is 2.40 bits per heavy atom. The van der Waals surface area contributed by atoms with Crippen LogP contribution in [0.5, 0.6) is 0 Å². The van der Waals surface area contributed by atoms with Crippen molar-refractivity contribution in [2.24, 2.45) is 0 Å². The maximum Gasteiger partial charge on any atom is 0.254 e. The smallest absolute Gasteiger partial charge is 0.254 e. The molecule has 0 saturated heterocycles. The summed E-state index contributed by atoms with van der Waals surface area (Å²) in [6.45, 7) is 3.66. The number of hydrogen-bond donors (Lipinski definition) is 2. The minimum Gasteiger partial charge on any atom is -0.396 e. The highest BCUT2D eigenvalue weighted by molar-refractivity contribution is 5.84. The van der Waals surface area contributed by atoms with Crippen LogP contribution in [-0.2, 0) is 4.79 Å². The van der Waals surface area contributed by atoms with Crippen molar-refractivity contribution >= 4 is 5.91 Å². The molecule has 2 N–H and O–H groups in total. The standard InChI is InChI=1S/C11H21NO3/c1-11(2,15)10(14)12(7-4-8-13)9-5-3-6-9/h9,13,15H,3-8H2,1-2H3. The van der Waals surface area contributed by atoms with E-state index in [9.17, 15) is 9.90 Å². The molecule has 0 aromatic carbocycles. The van der Waals surface area contributed by atoms with E-state index in [0.29, 0.717) is 13.0 Å². The van der Waals surface area contributed by atoms with Gasteiger partial charge in [0.2, 0.25) is 0 Å². The lowest BCUT2D eigenvalue weighted by Gasteiger charge is -2.40. The molecule has 15 heavy (non-hydrogen) atoms. The molecule has 0 unspecified atom stereocenters. The summed E-state index contributed by atoms with van der Waals surface area (Å²) < 4.78 is 0. The number of aliphatic hydroxyl groups excluding tert-OH is 1. The Morgan fingerprint density at radius 1 is 1.47 bits per heavy atom. The van der Waals surface area contributed by atoms with Gasteiger partial charge in [0.1, 0.15) is 5.60 Å². The largest absolute Gasteiger partial charge is 0.396 e. The predicted molar refractivity (Wildman–Crippen MR) is 57.4 cm³/mol. The Labute approximate surface area is 90.9 Å². The molecule has 1 fully saturated rings. The molecule has 1 saturated carbocycles. The molecule has 0 heterocycles. The average molecular weight is 215 g/mol. The Hall–Kier alpha value is -0.610. The van der Waals surface area contributed by atoms with Crippen LogP contribution in [0.15, 0.2) is 0 Å². The Morgan fingerprint density at radius 2 is 2.07 bits per heavy atom. The van der Waals surface area contributed by atoms with Crippen LogP contribution in [0.3, 0.4) is 0 Å². The van der Waals surface area contributed by atoms with Crippen molar-refractivity contribution < 1.29 is 15.0 Å². The first-order valence-corrected chi connectivity index (χ1v) is 5.61. The average Bonchev–Trinajstić information content (AvgIpc) is 2.06. The van der Waals surface area contributed by atoms with Crippen LogP contribution in [-0.4, -0.2) is 45.8 Å². The maximum atomic E-state index is 11.9. The predicted octanol–water partition coefficient (Wildman–Crippen LogP) is 0.521. The Bertz CT molecular complexity index is 218. The number of carbonyl (C=O) groups is 1. The number of nitrogens with zero attached hydrogens (tertiary/aromatic N) is 1. The van der Waals surface area contributed by atoms with Gasteiger partial charge in [0.15, 0.2) is 0 Å². The van der Waals surface area contributed by atoms with Gasteiger partial charge in [-0.05, 0) is 39.5 Å². The lowest BCUT2D eigenvalue weighted by atomic mass is 9.90. The fourth-order valence-corrected chi connectivity index (χ4v) is 1.74. The molecule has 1 aliphatic carbocycles. The van der Waals surface area contributed by atoms with Crippen molar-refractivity contribution in [3.8, 4) is 0 Å². The molecule has 0 radical (unpaired) electrons. The molecule has 1 rings (SSSR count). The maximum absolute atomic E-state index is 11.9. The fourth-order valence-electron chi connectivity index (χ4n) is 1.74. The van der Waals surface area contributed by atoms with E-state index in [1.165, 1.54) is 13.8 Å². The van der Waals surface area contributed by atoms with Gasteiger partial charge < -0.3 is 15.1 Å². The molecular formula is C11H21NO3. The van der Waals surface area contributed by atoms with Crippen LogP contribution in [0.1, 0.15) is 39.5 Å². The van der Waals surface area contributed by atoms with Crippen molar-refractivity contribution in [2.45, 2.75) is 51.2 Å². The van der Waals surface area contributed by atoms with Gasteiger partial charge in [-0.25, -0.2) is 0 Å². The third-order valence-corrected chi connectivity index (χ3v) is 2.86. The molecule has 0 bridgehead atoms. The van der Waals surface area contributed by atoms with Gasteiger partial charge in [-0.15, -0.1) is 0 Å². The van der Waals surface area contributed by atoms with E-state index in [1.807, 2.05) is 0 Å².